The van der Waals surface area contributed by atoms with Crippen LogP contribution in [0.2, 0.25) is 0 Å². The van der Waals surface area contributed by atoms with E-state index in [0.29, 0.717) is 11.7 Å². The molecule has 0 aromatic rings. The minimum absolute atomic E-state index is 0.0393. The fraction of sp³-hybridized carbons (Fsp3) is 1.00. The molecule has 2 N–H and O–H groups in total. The summed E-state index contributed by atoms with van der Waals surface area (Å²) < 4.78 is 0. The first-order valence-electron chi connectivity index (χ1n) is 3.78. The summed E-state index contributed by atoms with van der Waals surface area (Å²) in [5.74, 6) is 0. The van der Waals surface area contributed by atoms with Crippen LogP contribution in [-0.4, -0.2) is 27.0 Å². The van der Waals surface area contributed by atoms with Crippen LogP contribution in [0.15, 0.2) is 0 Å². The van der Waals surface area contributed by atoms with Crippen molar-refractivity contribution >= 4 is 25.3 Å². The lowest BCUT2D eigenvalue weighted by molar-refractivity contribution is -0.0452. The highest BCUT2D eigenvalue weighted by atomic mass is 32.1. The number of thiol groups is 2. The topological polar surface area (TPSA) is 40.5 Å². The van der Waals surface area contributed by atoms with Crippen LogP contribution in [0.3, 0.4) is 0 Å². The first-order chi connectivity index (χ1) is 5.06. The fourth-order valence-electron chi connectivity index (χ4n) is 0.820. The molecule has 2 atom stereocenters. The first-order valence-corrected chi connectivity index (χ1v) is 4.81. The summed E-state index contributed by atoms with van der Waals surface area (Å²) in [4.78, 5) is 0. The largest absolute Gasteiger partial charge is 0.368 e. The van der Waals surface area contributed by atoms with Gasteiger partial charge in [0.05, 0.1) is 0 Å². The molecule has 0 aliphatic carbocycles. The van der Waals surface area contributed by atoms with Gasteiger partial charge in [-0.3, -0.25) is 0 Å². The number of rotatable bonds is 5. The van der Waals surface area contributed by atoms with Crippen molar-refractivity contribution in [3.05, 3.63) is 0 Å². The van der Waals surface area contributed by atoms with Crippen molar-refractivity contribution in [2.24, 2.45) is 0 Å². The Bertz CT molecular complexity index is 98.4. The molecule has 4 heteroatoms. The van der Waals surface area contributed by atoms with Gasteiger partial charge >= 0.3 is 0 Å². The quantitative estimate of drug-likeness (QED) is 0.393. The molecule has 0 saturated heterocycles. The standard InChI is InChI=1S/C7H16O2S2/c1-2-5(10)3-6(11)4-7(8)9/h5-11H,2-4H2,1H3. The number of hydrogen-bond donors (Lipinski definition) is 4. The van der Waals surface area contributed by atoms with E-state index >= 15 is 0 Å². The third-order valence-corrected chi connectivity index (χ3v) is 2.50. The van der Waals surface area contributed by atoms with E-state index in [1.807, 2.05) is 6.92 Å². The molecular weight excluding hydrogens is 180 g/mol. The Labute approximate surface area is 78.8 Å². The van der Waals surface area contributed by atoms with E-state index in [-0.39, 0.29) is 5.25 Å². The van der Waals surface area contributed by atoms with Gasteiger partial charge in [0.1, 0.15) is 0 Å². The van der Waals surface area contributed by atoms with Gasteiger partial charge in [0, 0.05) is 16.9 Å². The predicted molar refractivity (Wildman–Crippen MR) is 53.3 cm³/mol. The van der Waals surface area contributed by atoms with Gasteiger partial charge in [0.25, 0.3) is 0 Å². The smallest absolute Gasteiger partial charge is 0.152 e. The lowest BCUT2D eigenvalue weighted by atomic mass is 10.1. The Hall–Kier alpha value is 0.620. The Morgan fingerprint density at radius 2 is 1.64 bits per heavy atom. The monoisotopic (exact) mass is 196 g/mol. The van der Waals surface area contributed by atoms with Gasteiger partial charge in [-0.15, -0.1) is 0 Å². The number of hydrogen-bond acceptors (Lipinski definition) is 4. The van der Waals surface area contributed by atoms with E-state index in [1.165, 1.54) is 0 Å². The van der Waals surface area contributed by atoms with Crippen molar-refractivity contribution in [2.75, 3.05) is 0 Å². The molecule has 0 aromatic heterocycles. The van der Waals surface area contributed by atoms with Crippen molar-refractivity contribution in [3.63, 3.8) is 0 Å². The molecule has 2 nitrogen and oxygen atoms in total. The molecule has 0 aliphatic rings. The van der Waals surface area contributed by atoms with E-state index < -0.39 is 6.29 Å². The molecule has 0 rings (SSSR count). The third kappa shape index (κ3) is 7.00. The summed E-state index contributed by atoms with van der Waals surface area (Å²) in [6, 6.07) is 0. The Balaban J connectivity index is 3.43. The minimum atomic E-state index is -1.24. The van der Waals surface area contributed by atoms with E-state index in [2.05, 4.69) is 25.3 Å². The molecule has 0 heterocycles. The van der Waals surface area contributed by atoms with Gasteiger partial charge in [-0.1, -0.05) is 6.92 Å². The van der Waals surface area contributed by atoms with Crippen LogP contribution in [-0.2, 0) is 0 Å². The minimum Gasteiger partial charge on any atom is -0.368 e. The first kappa shape index (κ1) is 11.6. The van der Waals surface area contributed by atoms with Crippen molar-refractivity contribution in [2.45, 2.75) is 43.0 Å². The molecule has 2 unspecified atom stereocenters. The molecule has 0 fully saturated rings. The van der Waals surface area contributed by atoms with Crippen molar-refractivity contribution in [1.82, 2.24) is 0 Å². The summed E-state index contributed by atoms with van der Waals surface area (Å²) in [5, 5.41) is 17.5. The number of aliphatic hydroxyl groups excluding tert-OH is 1. The van der Waals surface area contributed by atoms with Crippen molar-refractivity contribution < 1.29 is 10.2 Å². The highest BCUT2D eigenvalue weighted by Crippen LogP contribution is 2.16. The van der Waals surface area contributed by atoms with Gasteiger partial charge in [0.2, 0.25) is 0 Å². The Kier molecular flexibility index (Phi) is 6.52. The van der Waals surface area contributed by atoms with Gasteiger partial charge in [-0.2, -0.15) is 25.3 Å². The maximum Gasteiger partial charge on any atom is 0.152 e. The second-order valence-corrected chi connectivity index (χ2v) is 4.13. The highest BCUT2D eigenvalue weighted by Gasteiger charge is 2.11. The van der Waals surface area contributed by atoms with Gasteiger partial charge in [-0.05, 0) is 12.8 Å². The third-order valence-electron chi connectivity index (χ3n) is 1.50. The van der Waals surface area contributed by atoms with Gasteiger partial charge in [-0.25, -0.2) is 0 Å². The zero-order valence-electron chi connectivity index (χ0n) is 6.64. The van der Waals surface area contributed by atoms with Crippen LogP contribution in [0.5, 0.6) is 0 Å². The van der Waals surface area contributed by atoms with E-state index in [4.69, 9.17) is 10.2 Å². The molecule has 0 radical (unpaired) electrons. The summed E-state index contributed by atoms with van der Waals surface area (Å²) >= 11 is 8.47. The maximum atomic E-state index is 8.59. The van der Waals surface area contributed by atoms with Crippen LogP contribution >= 0.6 is 25.3 Å². The normalized spacial score (nSPS) is 16.9. The molecular formula is C7H16O2S2. The molecule has 0 amide bonds. The van der Waals surface area contributed by atoms with Crippen LogP contribution < -0.4 is 0 Å². The molecule has 0 aromatic carbocycles. The Morgan fingerprint density at radius 3 is 2.00 bits per heavy atom. The average molecular weight is 196 g/mol. The SMILES string of the molecule is CCC(S)CC(S)CC(O)O. The van der Waals surface area contributed by atoms with Crippen LogP contribution in [0.25, 0.3) is 0 Å². The lowest BCUT2D eigenvalue weighted by Gasteiger charge is -2.14. The summed E-state index contributed by atoms with van der Waals surface area (Å²) in [6.45, 7) is 2.05. The van der Waals surface area contributed by atoms with E-state index in [0.717, 1.165) is 12.8 Å². The average Bonchev–Trinajstić information content (AvgIpc) is 1.85. The maximum absolute atomic E-state index is 8.59. The molecule has 11 heavy (non-hydrogen) atoms. The van der Waals surface area contributed by atoms with E-state index in [9.17, 15) is 0 Å². The van der Waals surface area contributed by atoms with Crippen LogP contribution in [0.1, 0.15) is 26.2 Å². The Morgan fingerprint density at radius 1 is 1.09 bits per heavy atom. The summed E-state index contributed by atoms with van der Waals surface area (Å²) in [5.41, 5.74) is 0. The second-order valence-electron chi connectivity index (χ2n) is 2.67. The molecule has 68 valence electrons. The number of aliphatic hydroxyl groups is 2. The predicted octanol–water partition coefficient (Wildman–Crippen LogP) is 1.08. The molecule has 0 bridgehead atoms. The van der Waals surface area contributed by atoms with E-state index in [1.54, 1.807) is 0 Å². The molecule has 0 aliphatic heterocycles. The van der Waals surface area contributed by atoms with Crippen molar-refractivity contribution in [3.8, 4) is 0 Å². The lowest BCUT2D eigenvalue weighted by Crippen LogP contribution is -2.16. The van der Waals surface area contributed by atoms with Gasteiger partial charge < -0.3 is 10.2 Å². The molecule has 0 spiro atoms. The molecule has 0 saturated carbocycles. The zero-order chi connectivity index (χ0) is 8.85. The van der Waals surface area contributed by atoms with Crippen LogP contribution in [0.4, 0.5) is 0 Å². The van der Waals surface area contributed by atoms with Crippen molar-refractivity contribution in [1.29, 1.82) is 0 Å². The summed E-state index contributed by atoms with van der Waals surface area (Å²) in [6.07, 6.45) is 0.886. The zero-order valence-corrected chi connectivity index (χ0v) is 8.43. The second kappa shape index (κ2) is 6.17. The highest BCUT2D eigenvalue weighted by molar-refractivity contribution is 7.81. The summed E-state index contributed by atoms with van der Waals surface area (Å²) in [7, 11) is 0. The van der Waals surface area contributed by atoms with Crippen LogP contribution in [0, 0.1) is 0 Å². The van der Waals surface area contributed by atoms with Gasteiger partial charge in [0.15, 0.2) is 6.29 Å². The fourth-order valence-corrected chi connectivity index (χ4v) is 1.68.